The van der Waals surface area contributed by atoms with E-state index in [4.69, 9.17) is 15.2 Å². The molecule has 134 valence electrons. The number of aryl methyl sites for hydroxylation is 1. The van der Waals surface area contributed by atoms with Gasteiger partial charge in [0.15, 0.2) is 5.69 Å². The number of carbonyl (C=O) groups excluding carboxylic acids is 1. The van der Waals surface area contributed by atoms with Crippen LogP contribution in [0, 0.1) is 13.8 Å². The summed E-state index contributed by atoms with van der Waals surface area (Å²) in [6, 6.07) is 11.4. The molecule has 0 spiro atoms. The number of aromatic nitrogens is 3. The zero-order valence-corrected chi connectivity index (χ0v) is 14.9. The minimum absolute atomic E-state index is 0.0940. The molecule has 7 heteroatoms. The Morgan fingerprint density at radius 1 is 1.15 bits per heavy atom. The number of nitrogens with zero attached hydrogens (tertiary/aromatic N) is 2. The van der Waals surface area contributed by atoms with Gasteiger partial charge in [-0.15, -0.1) is 0 Å². The van der Waals surface area contributed by atoms with E-state index in [0.29, 0.717) is 23.6 Å². The number of nitrogens with one attached hydrogen (secondary N) is 1. The number of benzene rings is 2. The first-order chi connectivity index (χ1) is 12.5. The number of primary amides is 1. The zero-order valence-electron chi connectivity index (χ0n) is 14.9. The first kappa shape index (κ1) is 17.5. The number of carbonyl (C=O) groups is 1. The van der Waals surface area contributed by atoms with Gasteiger partial charge in [-0.1, -0.05) is 12.1 Å². The molecule has 2 aromatic carbocycles. The van der Waals surface area contributed by atoms with Gasteiger partial charge in [0.2, 0.25) is 0 Å². The fourth-order valence-corrected chi connectivity index (χ4v) is 2.68. The SMILES string of the molecule is COc1ccc(-c2n[nH]nc2C(N)=O)cc1COc1cccc(C)c1C. The van der Waals surface area contributed by atoms with E-state index < -0.39 is 5.91 Å². The van der Waals surface area contributed by atoms with Crippen molar-refractivity contribution >= 4 is 5.91 Å². The highest BCUT2D eigenvalue weighted by Crippen LogP contribution is 2.29. The standard InChI is InChI=1S/C19H20N4O3/c1-11-5-4-6-15(12(11)2)26-10-14-9-13(7-8-16(14)25-3)17-18(19(20)24)22-23-21-17/h4-9H,10H2,1-3H3,(H2,20,24)(H,21,22,23). The molecular formula is C19H20N4O3. The lowest BCUT2D eigenvalue weighted by molar-refractivity contribution is 0.0996. The van der Waals surface area contributed by atoms with Gasteiger partial charge in [0.05, 0.1) is 7.11 Å². The fraction of sp³-hybridized carbons (Fsp3) is 0.211. The zero-order chi connectivity index (χ0) is 18.7. The largest absolute Gasteiger partial charge is 0.496 e. The van der Waals surface area contributed by atoms with E-state index in [2.05, 4.69) is 15.4 Å². The number of amides is 1. The number of H-pyrrole nitrogens is 1. The minimum atomic E-state index is -0.641. The van der Waals surface area contributed by atoms with Gasteiger partial charge in [-0.25, -0.2) is 0 Å². The third-order valence-corrected chi connectivity index (χ3v) is 4.27. The van der Waals surface area contributed by atoms with Gasteiger partial charge in [-0.05, 0) is 49.2 Å². The Morgan fingerprint density at radius 2 is 1.96 bits per heavy atom. The van der Waals surface area contributed by atoms with Crippen LogP contribution in [0.5, 0.6) is 11.5 Å². The minimum Gasteiger partial charge on any atom is -0.496 e. The van der Waals surface area contributed by atoms with E-state index in [9.17, 15) is 4.79 Å². The summed E-state index contributed by atoms with van der Waals surface area (Å²) >= 11 is 0. The average molecular weight is 352 g/mol. The Labute approximate surface area is 151 Å². The molecule has 0 fully saturated rings. The molecule has 0 atom stereocenters. The number of rotatable bonds is 6. The molecule has 1 heterocycles. The second-order valence-electron chi connectivity index (χ2n) is 5.90. The molecule has 0 bridgehead atoms. The van der Waals surface area contributed by atoms with Crippen molar-refractivity contribution in [3.8, 4) is 22.8 Å². The molecule has 0 aliphatic heterocycles. The average Bonchev–Trinajstić information content (AvgIpc) is 3.13. The van der Waals surface area contributed by atoms with Crippen molar-refractivity contribution in [1.29, 1.82) is 0 Å². The highest BCUT2D eigenvalue weighted by Gasteiger charge is 2.17. The predicted molar refractivity (Wildman–Crippen MR) is 97.1 cm³/mol. The second-order valence-corrected chi connectivity index (χ2v) is 5.90. The van der Waals surface area contributed by atoms with Crippen LogP contribution in [0.1, 0.15) is 27.2 Å². The topological polar surface area (TPSA) is 103 Å². The fourth-order valence-electron chi connectivity index (χ4n) is 2.68. The monoisotopic (exact) mass is 352 g/mol. The first-order valence-electron chi connectivity index (χ1n) is 8.08. The van der Waals surface area contributed by atoms with E-state index in [1.807, 2.05) is 38.1 Å². The van der Waals surface area contributed by atoms with Crippen molar-refractivity contribution < 1.29 is 14.3 Å². The Hall–Kier alpha value is -3.35. The number of methoxy groups -OCH3 is 1. The summed E-state index contributed by atoms with van der Waals surface area (Å²) < 4.78 is 11.4. The summed E-state index contributed by atoms with van der Waals surface area (Å²) in [6.07, 6.45) is 0. The molecular weight excluding hydrogens is 332 g/mol. The molecule has 0 saturated carbocycles. The Bertz CT molecular complexity index is 950. The molecule has 1 aromatic heterocycles. The quantitative estimate of drug-likeness (QED) is 0.710. The molecule has 0 saturated heterocycles. The molecule has 7 nitrogen and oxygen atoms in total. The van der Waals surface area contributed by atoms with Crippen molar-refractivity contribution in [1.82, 2.24) is 15.4 Å². The smallest absolute Gasteiger partial charge is 0.271 e. The lowest BCUT2D eigenvalue weighted by Gasteiger charge is -2.14. The number of aromatic amines is 1. The number of nitrogens with two attached hydrogens (primary N) is 1. The number of hydrogen-bond acceptors (Lipinski definition) is 5. The normalized spacial score (nSPS) is 10.6. The van der Waals surface area contributed by atoms with Gasteiger partial charge in [0.25, 0.3) is 5.91 Å². The molecule has 26 heavy (non-hydrogen) atoms. The van der Waals surface area contributed by atoms with E-state index in [1.54, 1.807) is 19.2 Å². The maximum atomic E-state index is 11.5. The van der Waals surface area contributed by atoms with Crippen LogP contribution < -0.4 is 15.2 Å². The van der Waals surface area contributed by atoms with Crippen LogP contribution in [-0.4, -0.2) is 28.4 Å². The third kappa shape index (κ3) is 3.37. The molecule has 0 aliphatic carbocycles. The summed E-state index contributed by atoms with van der Waals surface area (Å²) in [5, 5.41) is 10.3. The van der Waals surface area contributed by atoms with Gasteiger partial charge >= 0.3 is 0 Å². The Balaban J connectivity index is 1.92. The van der Waals surface area contributed by atoms with Crippen LogP contribution in [0.4, 0.5) is 0 Å². The summed E-state index contributed by atoms with van der Waals surface area (Å²) in [5.41, 5.74) is 9.62. The van der Waals surface area contributed by atoms with Crippen molar-refractivity contribution in [3.63, 3.8) is 0 Å². The van der Waals surface area contributed by atoms with Crippen molar-refractivity contribution in [2.75, 3.05) is 7.11 Å². The van der Waals surface area contributed by atoms with Crippen LogP contribution in [0.3, 0.4) is 0 Å². The van der Waals surface area contributed by atoms with E-state index in [1.165, 1.54) is 0 Å². The summed E-state index contributed by atoms with van der Waals surface area (Å²) in [5.74, 6) is 0.859. The van der Waals surface area contributed by atoms with E-state index >= 15 is 0 Å². The molecule has 3 N–H and O–H groups in total. The van der Waals surface area contributed by atoms with E-state index in [-0.39, 0.29) is 5.69 Å². The maximum absolute atomic E-state index is 11.5. The van der Waals surface area contributed by atoms with Gasteiger partial charge in [0, 0.05) is 11.1 Å². The van der Waals surface area contributed by atoms with E-state index in [0.717, 1.165) is 22.4 Å². The van der Waals surface area contributed by atoms with Crippen LogP contribution in [0.25, 0.3) is 11.3 Å². The molecule has 3 rings (SSSR count). The lowest BCUT2D eigenvalue weighted by Crippen LogP contribution is -2.12. The van der Waals surface area contributed by atoms with Crippen LogP contribution in [0.15, 0.2) is 36.4 Å². The highest BCUT2D eigenvalue weighted by molar-refractivity contribution is 5.96. The molecule has 3 aromatic rings. The maximum Gasteiger partial charge on any atom is 0.271 e. The number of ether oxygens (including phenoxy) is 2. The van der Waals surface area contributed by atoms with Crippen LogP contribution in [-0.2, 0) is 6.61 Å². The molecule has 0 radical (unpaired) electrons. The molecule has 1 amide bonds. The van der Waals surface area contributed by atoms with Crippen LogP contribution in [0.2, 0.25) is 0 Å². The lowest BCUT2D eigenvalue weighted by atomic mass is 10.1. The van der Waals surface area contributed by atoms with Gasteiger partial charge in [0.1, 0.15) is 23.8 Å². The first-order valence-corrected chi connectivity index (χ1v) is 8.08. The Morgan fingerprint density at radius 3 is 2.69 bits per heavy atom. The van der Waals surface area contributed by atoms with Crippen molar-refractivity contribution in [2.45, 2.75) is 20.5 Å². The number of hydrogen-bond donors (Lipinski definition) is 2. The highest BCUT2D eigenvalue weighted by atomic mass is 16.5. The Kier molecular flexibility index (Phi) is 4.88. The third-order valence-electron chi connectivity index (χ3n) is 4.27. The van der Waals surface area contributed by atoms with Gasteiger partial charge < -0.3 is 15.2 Å². The van der Waals surface area contributed by atoms with Crippen molar-refractivity contribution in [2.24, 2.45) is 5.73 Å². The van der Waals surface area contributed by atoms with Crippen LogP contribution >= 0.6 is 0 Å². The van der Waals surface area contributed by atoms with Crippen molar-refractivity contribution in [3.05, 3.63) is 58.8 Å². The van der Waals surface area contributed by atoms with Gasteiger partial charge in [-0.2, -0.15) is 15.4 Å². The summed E-state index contributed by atoms with van der Waals surface area (Å²) in [6.45, 7) is 4.37. The predicted octanol–water partition coefficient (Wildman–Crippen LogP) is 2.78. The second kappa shape index (κ2) is 7.26. The molecule has 0 unspecified atom stereocenters. The summed E-state index contributed by atoms with van der Waals surface area (Å²) in [7, 11) is 1.60. The molecule has 0 aliphatic rings. The summed E-state index contributed by atoms with van der Waals surface area (Å²) in [4.78, 5) is 11.5. The van der Waals surface area contributed by atoms with Gasteiger partial charge in [-0.3, -0.25) is 4.79 Å².